The predicted molar refractivity (Wildman–Crippen MR) is 65.4 cm³/mol. The van der Waals surface area contributed by atoms with E-state index in [0.29, 0.717) is 11.3 Å². The molecular weight excluding hydrogens is 238 g/mol. The molecule has 1 amide bonds. The molecule has 0 saturated heterocycles. The standard InChI is InChI=1S/C11H17N3O4/c1-6(5-15)12-9(16)4-3-8-7(2)13-11(18)14-10(8)17/h6,15H,3-5H2,1-2H3,(H,12,16)(H2,13,14,17,18)/t6-/m1/s1. The summed E-state index contributed by atoms with van der Waals surface area (Å²) in [5, 5.41) is 11.4. The Labute approximate surface area is 103 Å². The Morgan fingerprint density at radius 3 is 2.61 bits per heavy atom. The summed E-state index contributed by atoms with van der Waals surface area (Å²) in [6, 6.07) is -0.313. The maximum absolute atomic E-state index is 11.5. The van der Waals surface area contributed by atoms with E-state index in [1.807, 2.05) is 0 Å². The van der Waals surface area contributed by atoms with Crippen LogP contribution >= 0.6 is 0 Å². The van der Waals surface area contributed by atoms with Crippen LogP contribution in [0.1, 0.15) is 24.6 Å². The summed E-state index contributed by atoms with van der Waals surface area (Å²) in [7, 11) is 0. The van der Waals surface area contributed by atoms with Gasteiger partial charge in [0.05, 0.1) is 6.61 Å². The molecule has 1 aromatic rings. The molecular formula is C11H17N3O4. The summed E-state index contributed by atoms with van der Waals surface area (Å²) in [6.07, 6.45) is 0.363. The van der Waals surface area contributed by atoms with Crippen molar-refractivity contribution in [1.82, 2.24) is 15.3 Å². The van der Waals surface area contributed by atoms with Crippen LogP contribution in [0.15, 0.2) is 9.59 Å². The van der Waals surface area contributed by atoms with E-state index in [2.05, 4.69) is 15.3 Å². The van der Waals surface area contributed by atoms with Crippen molar-refractivity contribution in [2.24, 2.45) is 0 Å². The Hall–Kier alpha value is -1.89. The molecule has 0 spiro atoms. The molecule has 1 atom stereocenters. The quantitative estimate of drug-likeness (QED) is 0.529. The summed E-state index contributed by atoms with van der Waals surface area (Å²) in [5.41, 5.74) is -0.174. The van der Waals surface area contributed by atoms with Crippen LogP contribution in [-0.2, 0) is 11.2 Å². The highest BCUT2D eigenvalue weighted by Gasteiger charge is 2.10. The molecule has 0 radical (unpaired) electrons. The Morgan fingerprint density at radius 2 is 2.06 bits per heavy atom. The van der Waals surface area contributed by atoms with Gasteiger partial charge < -0.3 is 15.4 Å². The summed E-state index contributed by atoms with van der Waals surface area (Å²) in [6.45, 7) is 3.15. The highest BCUT2D eigenvalue weighted by Crippen LogP contribution is 2.00. The molecule has 4 N–H and O–H groups in total. The van der Waals surface area contributed by atoms with E-state index >= 15 is 0 Å². The van der Waals surface area contributed by atoms with E-state index < -0.39 is 11.2 Å². The second-order valence-electron chi connectivity index (χ2n) is 4.16. The summed E-state index contributed by atoms with van der Waals surface area (Å²) < 4.78 is 0. The number of aromatic amines is 2. The number of amides is 1. The Morgan fingerprint density at radius 1 is 1.39 bits per heavy atom. The van der Waals surface area contributed by atoms with Gasteiger partial charge >= 0.3 is 5.69 Å². The number of H-pyrrole nitrogens is 2. The molecule has 1 aromatic heterocycles. The molecule has 0 fully saturated rings. The van der Waals surface area contributed by atoms with Gasteiger partial charge in [-0.25, -0.2) is 4.79 Å². The van der Waals surface area contributed by atoms with Crippen molar-refractivity contribution in [2.75, 3.05) is 6.61 Å². The van der Waals surface area contributed by atoms with Crippen LogP contribution in [0.4, 0.5) is 0 Å². The third-order valence-corrected chi connectivity index (χ3v) is 2.54. The average molecular weight is 255 g/mol. The lowest BCUT2D eigenvalue weighted by atomic mass is 10.1. The van der Waals surface area contributed by atoms with Crippen molar-refractivity contribution in [3.05, 3.63) is 32.1 Å². The van der Waals surface area contributed by atoms with E-state index in [1.54, 1.807) is 13.8 Å². The van der Waals surface area contributed by atoms with E-state index in [-0.39, 0.29) is 31.4 Å². The molecule has 0 aliphatic rings. The van der Waals surface area contributed by atoms with Gasteiger partial charge in [-0.05, 0) is 20.3 Å². The van der Waals surface area contributed by atoms with Crippen LogP contribution in [0, 0.1) is 6.92 Å². The fraction of sp³-hybridized carbons (Fsp3) is 0.545. The number of carbonyl (C=O) groups excluding carboxylic acids is 1. The Balaban J connectivity index is 2.67. The van der Waals surface area contributed by atoms with Crippen molar-refractivity contribution in [1.29, 1.82) is 0 Å². The molecule has 1 rings (SSSR count). The van der Waals surface area contributed by atoms with Crippen LogP contribution in [0.25, 0.3) is 0 Å². The van der Waals surface area contributed by atoms with Gasteiger partial charge in [-0.2, -0.15) is 0 Å². The fourth-order valence-corrected chi connectivity index (χ4v) is 1.56. The second kappa shape index (κ2) is 6.15. The van der Waals surface area contributed by atoms with Gasteiger partial charge in [-0.1, -0.05) is 0 Å². The maximum atomic E-state index is 11.5. The lowest BCUT2D eigenvalue weighted by Crippen LogP contribution is -2.35. The molecule has 1 heterocycles. The topological polar surface area (TPSA) is 115 Å². The van der Waals surface area contributed by atoms with Gasteiger partial charge in [-0.15, -0.1) is 0 Å². The first-order valence-corrected chi connectivity index (χ1v) is 5.66. The summed E-state index contributed by atoms with van der Waals surface area (Å²) >= 11 is 0. The number of hydrogen-bond donors (Lipinski definition) is 4. The zero-order chi connectivity index (χ0) is 13.7. The van der Waals surface area contributed by atoms with Crippen molar-refractivity contribution < 1.29 is 9.90 Å². The van der Waals surface area contributed by atoms with Crippen molar-refractivity contribution in [2.45, 2.75) is 32.7 Å². The van der Waals surface area contributed by atoms with Crippen LogP contribution < -0.4 is 16.6 Å². The third-order valence-electron chi connectivity index (χ3n) is 2.54. The first-order valence-electron chi connectivity index (χ1n) is 5.66. The molecule has 0 aliphatic heterocycles. The van der Waals surface area contributed by atoms with E-state index in [4.69, 9.17) is 5.11 Å². The van der Waals surface area contributed by atoms with Gasteiger partial charge in [0.1, 0.15) is 0 Å². The third kappa shape index (κ3) is 3.85. The Bertz CT molecular complexity index is 532. The number of hydrogen-bond acceptors (Lipinski definition) is 4. The zero-order valence-electron chi connectivity index (χ0n) is 10.4. The average Bonchev–Trinajstić information content (AvgIpc) is 2.27. The molecule has 7 nitrogen and oxygen atoms in total. The monoisotopic (exact) mass is 255 g/mol. The fourth-order valence-electron chi connectivity index (χ4n) is 1.56. The molecule has 0 aromatic carbocycles. The zero-order valence-corrected chi connectivity index (χ0v) is 10.4. The van der Waals surface area contributed by atoms with Crippen LogP contribution in [0.2, 0.25) is 0 Å². The molecule has 0 bridgehead atoms. The minimum atomic E-state index is -0.556. The number of aryl methyl sites for hydroxylation is 1. The normalized spacial score (nSPS) is 12.2. The minimum Gasteiger partial charge on any atom is -0.394 e. The number of aliphatic hydroxyl groups excluding tert-OH is 1. The number of aromatic nitrogens is 2. The first-order chi connectivity index (χ1) is 8.43. The SMILES string of the molecule is Cc1[nH]c(=O)[nH]c(=O)c1CCC(=O)N[C@H](C)CO. The van der Waals surface area contributed by atoms with E-state index in [9.17, 15) is 14.4 Å². The molecule has 0 saturated carbocycles. The Kier molecular flexibility index (Phi) is 4.85. The summed E-state index contributed by atoms with van der Waals surface area (Å²) in [5.74, 6) is -0.249. The van der Waals surface area contributed by atoms with Gasteiger partial charge in [0.15, 0.2) is 0 Å². The van der Waals surface area contributed by atoms with Gasteiger partial charge in [0.2, 0.25) is 5.91 Å². The lowest BCUT2D eigenvalue weighted by Gasteiger charge is -2.10. The summed E-state index contributed by atoms with van der Waals surface area (Å²) in [4.78, 5) is 38.5. The minimum absolute atomic E-state index is 0.125. The van der Waals surface area contributed by atoms with Gasteiger partial charge in [-0.3, -0.25) is 14.6 Å². The van der Waals surface area contributed by atoms with Crippen molar-refractivity contribution >= 4 is 5.91 Å². The van der Waals surface area contributed by atoms with Gasteiger partial charge in [0, 0.05) is 23.7 Å². The van der Waals surface area contributed by atoms with E-state index in [0.717, 1.165) is 0 Å². The van der Waals surface area contributed by atoms with E-state index in [1.165, 1.54) is 0 Å². The van der Waals surface area contributed by atoms with Crippen molar-refractivity contribution in [3.63, 3.8) is 0 Å². The highest BCUT2D eigenvalue weighted by atomic mass is 16.3. The number of rotatable bonds is 5. The maximum Gasteiger partial charge on any atom is 0.325 e. The number of aliphatic hydroxyl groups is 1. The second-order valence-corrected chi connectivity index (χ2v) is 4.16. The predicted octanol–water partition coefficient (Wildman–Crippen LogP) is -1.20. The smallest absolute Gasteiger partial charge is 0.325 e. The highest BCUT2D eigenvalue weighted by molar-refractivity contribution is 5.76. The number of carbonyl (C=O) groups is 1. The number of nitrogens with one attached hydrogen (secondary N) is 3. The molecule has 100 valence electrons. The molecule has 18 heavy (non-hydrogen) atoms. The largest absolute Gasteiger partial charge is 0.394 e. The molecule has 0 unspecified atom stereocenters. The van der Waals surface area contributed by atoms with Gasteiger partial charge in [0.25, 0.3) is 5.56 Å². The lowest BCUT2D eigenvalue weighted by molar-refractivity contribution is -0.121. The van der Waals surface area contributed by atoms with Crippen molar-refractivity contribution in [3.8, 4) is 0 Å². The van der Waals surface area contributed by atoms with Crippen LogP contribution in [0.3, 0.4) is 0 Å². The first kappa shape index (κ1) is 14.2. The molecule has 7 heteroatoms. The molecule has 0 aliphatic carbocycles. The van der Waals surface area contributed by atoms with Crippen LogP contribution in [-0.4, -0.2) is 33.6 Å². The van der Waals surface area contributed by atoms with Crippen LogP contribution in [0.5, 0.6) is 0 Å².